The first-order valence-corrected chi connectivity index (χ1v) is 18.4. The first kappa shape index (κ1) is 29.3. The molecule has 0 aliphatic carbocycles. The molecule has 0 saturated heterocycles. The lowest BCUT2D eigenvalue weighted by Crippen LogP contribution is -2.04. The van der Waals surface area contributed by atoms with Crippen molar-refractivity contribution in [2.24, 2.45) is 0 Å². The second-order valence-corrected chi connectivity index (χ2v) is 14.1. The molecule has 8 aromatic carbocycles. The molecule has 12 aromatic rings. The number of para-hydroxylation sites is 2. The lowest BCUT2D eigenvalue weighted by molar-refractivity contribution is 1.02. The van der Waals surface area contributed by atoms with Gasteiger partial charge in [0.2, 0.25) is 5.95 Å². The van der Waals surface area contributed by atoms with Crippen molar-refractivity contribution >= 4 is 70.7 Å². The minimum atomic E-state index is 0.660. The van der Waals surface area contributed by atoms with Crippen molar-refractivity contribution < 1.29 is 0 Å². The summed E-state index contributed by atoms with van der Waals surface area (Å²) in [5.41, 5.74) is 12.2. The van der Waals surface area contributed by atoms with Gasteiger partial charge in [0.15, 0.2) is 0 Å². The molecule has 0 spiro atoms. The fourth-order valence-corrected chi connectivity index (χ4v) is 9.04. The maximum atomic E-state index is 5.48. The fourth-order valence-electron chi connectivity index (χ4n) is 9.04. The molecule has 4 heterocycles. The Hall–Kier alpha value is -7.30. The molecule has 4 nitrogen and oxygen atoms in total. The van der Waals surface area contributed by atoms with E-state index in [-0.39, 0.29) is 0 Å². The number of aromatic nitrogens is 4. The standard InChI is InChI=1S/C50H30N4/c1-4-16-31(17-5-1)43-38-28-29-42-45-44-39(36-24-13-15-27-41(36)53(49(38)45)47(43)33-20-8-3-9-21-33)30-34-22-10-11-23-35(34)48(44)54(42)50-51-40-26-14-12-25-37(40)46(52-50)32-18-6-2-7-19-32/h1-30H. The molecule has 0 atom stereocenters. The number of hydrogen-bond acceptors (Lipinski definition) is 2. The highest BCUT2D eigenvalue weighted by atomic mass is 15.2. The summed E-state index contributed by atoms with van der Waals surface area (Å²) in [7, 11) is 0. The van der Waals surface area contributed by atoms with E-state index in [9.17, 15) is 0 Å². The maximum absolute atomic E-state index is 5.48. The van der Waals surface area contributed by atoms with Crippen molar-refractivity contribution in [3.05, 3.63) is 182 Å². The van der Waals surface area contributed by atoms with Crippen LogP contribution in [0.5, 0.6) is 0 Å². The smallest absolute Gasteiger partial charge is 0.235 e. The van der Waals surface area contributed by atoms with Crippen LogP contribution in [0.2, 0.25) is 0 Å². The maximum Gasteiger partial charge on any atom is 0.235 e. The largest absolute Gasteiger partial charge is 0.307 e. The Balaban J connectivity index is 1.37. The SMILES string of the molecule is c1ccc(-c2nc(-n3c4ccc5c(-c6ccccc6)c(-c6ccccc6)n6c7ccccc7c7cc8ccccc8c3c7c4c56)nc3ccccc23)cc1. The summed E-state index contributed by atoms with van der Waals surface area (Å²) >= 11 is 0. The van der Waals surface area contributed by atoms with Crippen LogP contribution in [0.1, 0.15) is 0 Å². The Bertz CT molecular complexity index is 3410. The predicted octanol–water partition coefficient (Wildman–Crippen LogP) is 12.9. The molecule has 4 heteroatoms. The first-order chi connectivity index (χ1) is 26.8. The van der Waals surface area contributed by atoms with Crippen LogP contribution in [0.25, 0.3) is 110 Å². The van der Waals surface area contributed by atoms with Crippen LogP contribution in [0.4, 0.5) is 0 Å². The third-order valence-electron chi connectivity index (χ3n) is 11.2. The van der Waals surface area contributed by atoms with Gasteiger partial charge >= 0.3 is 0 Å². The van der Waals surface area contributed by atoms with Crippen LogP contribution in [-0.4, -0.2) is 18.9 Å². The quantitative estimate of drug-likeness (QED) is 0.185. The highest BCUT2D eigenvalue weighted by Crippen LogP contribution is 2.50. The Morgan fingerprint density at radius 2 is 1.02 bits per heavy atom. The number of fused-ring (bicyclic) bond motifs is 6. The van der Waals surface area contributed by atoms with E-state index in [4.69, 9.17) is 9.97 Å². The van der Waals surface area contributed by atoms with E-state index in [2.05, 4.69) is 191 Å². The zero-order valence-corrected chi connectivity index (χ0v) is 29.1. The summed E-state index contributed by atoms with van der Waals surface area (Å²) in [6.45, 7) is 0. The van der Waals surface area contributed by atoms with Gasteiger partial charge in [0.25, 0.3) is 0 Å². The van der Waals surface area contributed by atoms with Gasteiger partial charge in [-0.05, 0) is 46.2 Å². The lowest BCUT2D eigenvalue weighted by atomic mass is 9.96. The highest BCUT2D eigenvalue weighted by molar-refractivity contribution is 6.36. The minimum absolute atomic E-state index is 0.660. The van der Waals surface area contributed by atoms with Gasteiger partial charge in [0.1, 0.15) is 0 Å². The van der Waals surface area contributed by atoms with Gasteiger partial charge in [-0.2, -0.15) is 0 Å². The molecule has 0 saturated carbocycles. The van der Waals surface area contributed by atoms with E-state index in [1.54, 1.807) is 0 Å². The average Bonchev–Trinajstić information content (AvgIpc) is 3.74. The topological polar surface area (TPSA) is 35.1 Å². The Morgan fingerprint density at radius 3 is 1.80 bits per heavy atom. The molecule has 0 aliphatic rings. The van der Waals surface area contributed by atoms with Gasteiger partial charge in [-0.3, -0.25) is 4.57 Å². The van der Waals surface area contributed by atoms with E-state index >= 15 is 0 Å². The highest BCUT2D eigenvalue weighted by Gasteiger charge is 2.28. The van der Waals surface area contributed by atoms with Crippen LogP contribution < -0.4 is 0 Å². The van der Waals surface area contributed by atoms with Crippen molar-refractivity contribution in [2.45, 2.75) is 0 Å². The molecule has 0 aliphatic heterocycles. The van der Waals surface area contributed by atoms with Crippen molar-refractivity contribution in [1.82, 2.24) is 18.9 Å². The number of benzene rings is 8. The van der Waals surface area contributed by atoms with E-state index < -0.39 is 0 Å². The summed E-state index contributed by atoms with van der Waals surface area (Å²) in [5.74, 6) is 0.660. The summed E-state index contributed by atoms with van der Waals surface area (Å²) in [5, 5.41) is 9.43. The number of hydrogen-bond donors (Lipinski definition) is 0. The third kappa shape index (κ3) is 3.97. The molecule has 4 aromatic heterocycles. The van der Waals surface area contributed by atoms with Gasteiger partial charge in [0, 0.05) is 43.4 Å². The number of nitrogens with zero attached hydrogens (tertiary/aromatic N) is 4. The molecule has 0 bridgehead atoms. The van der Waals surface area contributed by atoms with Crippen molar-refractivity contribution in [3.63, 3.8) is 0 Å². The Labute approximate surface area is 310 Å². The Kier molecular flexibility index (Phi) is 6.02. The van der Waals surface area contributed by atoms with Crippen LogP contribution in [-0.2, 0) is 0 Å². The van der Waals surface area contributed by atoms with E-state index in [0.717, 1.165) is 33.2 Å². The average molecular weight is 687 g/mol. The van der Waals surface area contributed by atoms with Crippen molar-refractivity contribution in [3.8, 4) is 39.6 Å². The zero-order chi connectivity index (χ0) is 35.3. The molecule has 54 heavy (non-hydrogen) atoms. The second-order valence-electron chi connectivity index (χ2n) is 14.1. The normalized spacial score (nSPS) is 12.1. The molecule has 0 radical (unpaired) electrons. The molecule has 12 rings (SSSR count). The summed E-state index contributed by atoms with van der Waals surface area (Å²) in [6.07, 6.45) is 0. The summed E-state index contributed by atoms with van der Waals surface area (Å²) in [6, 6.07) is 65.3. The fraction of sp³-hybridized carbons (Fsp3) is 0. The van der Waals surface area contributed by atoms with Crippen LogP contribution in [0, 0.1) is 0 Å². The van der Waals surface area contributed by atoms with Crippen molar-refractivity contribution in [2.75, 3.05) is 0 Å². The molecular weight excluding hydrogens is 657 g/mol. The van der Waals surface area contributed by atoms with Crippen LogP contribution in [0.3, 0.4) is 0 Å². The third-order valence-corrected chi connectivity index (χ3v) is 11.2. The van der Waals surface area contributed by atoms with Gasteiger partial charge in [0.05, 0.1) is 39.0 Å². The van der Waals surface area contributed by atoms with E-state index in [1.807, 2.05) is 0 Å². The van der Waals surface area contributed by atoms with Crippen LogP contribution in [0.15, 0.2) is 182 Å². The van der Waals surface area contributed by atoms with Gasteiger partial charge in [-0.25, -0.2) is 9.97 Å². The molecule has 0 amide bonds. The molecule has 0 N–H and O–H groups in total. The molecule has 0 fully saturated rings. The predicted molar refractivity (Wildman–Crippen MR) is 225 cm³/mol. The monoisotopic (exact) mass is 686 g/mol. The second kappa shape index (κ2) is 11.1. The van der Waals surface area contributed by atoms with Crippen molar-refractivity contribution in [1.29, 1.82) is 0 Å². The molecule has 250 valence electrons. The summed E-state index contributed by atoms with van der Waals surface area (Å²) < 4.78 is 4.88. The minimum Gasteiger partial charge on any atom is -0.307 e. The van der Waals surface area contributed by atoms with E-state index in [1.165, 1.54) is 71.1 Å². The molecule has 0 unspecified atom stereocenters. The zero-order valence-electron chi connectivity index (χ0n) is 29.1. The molecular formula is C50H30N4. The Morgan fingerprint density at radius 1 is 0.389 bits per heavy atom. The van der Waals surface area contributed by atoms with Gasteiger partial charge in [-0.1, -0.05) is 158 Å². The van der Waals surface area contributed by atoms with Gasteiger partial charge in [-0.15, -0.1) is 0 Å². The lowest BCUT2D eigenvalue weighted by Gasteiger charge is -2.13. The van der Waals surface area contributed by atoms with Gasteiger partial charge < -0.3 is 4.40 Å². The number of rotatable bonds is 4. The van der Waals surface area contributed by atoms with Crippen LogP contribution >= 0.6 is 0 Å². The summed E-state index contributed by atoms with van der Waals surface area (Å²) in [4.78, 5) is 10.8. The first-order valence-electron chi connectivity index (χ1n) is 18.4. The van der Waals surface area contributed by atoms with E-state index in [0.29, 0.717) is 5.95 Å².